The summed E-state index contributed by atoms with van der Waals surface area (Å²) in [6.07, 6.45) is 12.5. The van der Waals surface area contributed by atoms with Gasteiger partial charge >= 0.3 is 0 Å². The minimum Gasteiger partial charge on any atom is -0.504 e. The maximum absolute atomic E-state index is 9.88. The average molecular weight is 597 g/mol. The second-order valence-electron chi connectivity index (χ2n) is 9.25. The largest absolute Gasteiger partial charge is 0.504 e. The molecule has 4 rings (SSSR count). The predicted octanol–water partition coefficient (Wildman–Crippen LogP) is 10.6. The third-order valence-electron chi connectivity index (χ3n) is 5.93. The Morgan fingerprint density at radius 2 is 1.02 bits per heavy atom. The van der Waals surface area contributed by atoms with Crippen LogP contribution in [0.4, 0.5) is 0 Å². The summed E-state index contributed by atoms with van der Waals surface area (Å²) in [7, 11) is 0. The third kappa shape index (κ3) is 10.5. The zero-order valence-corrected chi connectivity index (χ0v) is 23.8. The smallest absolute Gasteiger partial charge is 0.201 e. The van der Waals surface area contributed by atoms with Crippen LogP contribution in [0.25, 0.3) is 12.2 Å². The van der Waals surface area contributed by atoms with Gasteiger partial charge in [0.2, 0.25) is 11.5 Å². The molecule has 6 nitrogen and oxygen atoms in total. The van der Waals surface area contributed by atoms with Crippen LogP contribution >= 0.6 is 0 Å². The van der Waals surface area contributed by atoms with Crippen molar-refractivity contribution < 1.29 is 29.9 Å². The summed E-state index contributed by atoms with van der Waals surface area (Å²) in [6, 6.07) is 21.3. The zero-order valence-electron chi connectivity index (χ0n) is 23.8. The number of phenols is 4. The lowest BCUT2D eigenvalue weighted by Gasteiger charge is -2.11. The highest BCUT2D eigenvalue weighted by Gasteiger charge is 2.12. The molecule has 4 aromatic carbocycles. The molecule has 0 atom stereocenters. The van der Waals surface area contributed by atoms with Crippen molar-refractivity contribution >= 4 is 12.2 Å². The lowest BCUT2D eigenvalue weighted by Crippen LogP contribution is -1.89. The Kier molecular flexibility index (Phi) is 15.2. The number of ether oxygens (including phenoxy) is 2. The van der Waals surface area contributed by atoms with Gasteiger partial charge in [0, 0.05) is 0 Å². The quantitative estimate of drug-likeness (QED) is 0.107. The van der Waals surface area contributed by atoms with E-state index < -0.39 is 0 Å². The van der Waals surface area contributed by atoms with Gasteiger partial charge in [-0.1, -0.05) is 75.6 Å². The topological polar surface area (TPSA) is 99.4 Å². The Hall–Kier alpha value is -5.36. The second-order valence-corrected chi connectivity index (χ2v) is 9.25. The van der Waals surface area contributed by atoms with Crippen LogP contribution in [0.15, 0.2) is 110 Å². The maximum Gasteiger partial charge on any atom is 0.201 e. The molecule has 0 aliphatic rings. The number of benzene rings is 4. The maximum atomic E-state index is 9.88. The Morgan fingerprint density at radius 1 is 0.568 bits per heavy atom. The van der Waals surface area contributed by atoms with Crippen LogP contribution in [-0.2, 0) is 12.8 Å². The molecule has 0 aromatic heterocycles. The van der Waals surface area contributed by atoms with Crippen molar-refractivity contribution in [3.63, 3.8) is 0 Å². The van der Waals surface area contributed by atoms with Crippen molar-refractivity contribution in [2.45, 2.75) is 41.5 Å². The lowest BCUT2D eigenvalue weighted by molar-refractivity contribution is 0.372. The molecule has 4 aromatic rings. The van der Waals surface area contributed by atoms with Crippen molar-refractivity contribution in [1.29, 1.82) is 0 Å². The second kappa shape index (κ2) is 18.2. The molecule has 0 saturated carbocycles. The van der Waals surface area contributed by atoms with Gasteiger partial charge in [0.25, 0.3) is 0 Å². The minimum atomic E-state index is -0.266. The molecular formula is C38H44O6. The van der Waals surface area contributed by atoms with Gasteiger partial charge in [-0.25, -0.2) is 0 Å². The monoisotopic (exact) mass is 596 g/mol. The molecule has 0 aliphatic heterocycles. The van der Waals surface area contributed by atoms with Gasteiger partial charge in [0.1, 0.15) is 11.5 Å². The van der Waals surface area contributed by atoms with Gasteiger partial charge in [-0.15, -0.1) is 13.2 Å². The molecule has 0 aliphatic carbocycles. The molecule has 6 heteroatoms. The average Bonchev–Trinajstić information content (AvgIpc) is 2.97. The van der Waals surface area contributed by atoms with Crippen LogP contribution in [0.1, 0.15) is 51.0 Å². The molecule has 232 valence electrons. The molecule has 0 heterocycles. The van der Waals surface area contributed by atoms with Crippen molar-refractivity contribution in [3.8, 4) is 46.0 Å². The van der Waals surface area contributed by atoms with E-state index in [2.05, 4.69) is 13.2 Å². The minimum absolute atomic E-state index is 0. The van der Waals surface area contributed by atoms with E-state index in [0.29, 0.717) is 17.9 Å². The fourth-order valence-electron chi connectivity index (χ4n) is 3.94. The highest BCUT2D eigenvalue weighted by atomic mass is 16.5. The Morgan fingerprint density at radius 3 is 1.55 bits per heavy atom. The van der Waals surface area contributed by atoms with Crippen LogP contribution in [-0.4, -0.2) is 20.4 Å². The van der Waals surface area contributed by atoms with Crippen LogP contribution in [0, 0.1) is 0 Å². The van der Waals surface area contributed by atoms with Gasteiger partial charge in [-0.05, 0) is 97.5 Å². The van der Waals surface area contributed by atoms with E-state index in [1.807, 2.05) is 92.8 Å². The number of allylic oxidation sites excluding steroid dienone is 4. The summed E-state index contributed by atoms with van der Waals surface area (Å²) in [6.45, 7) is 11.2. The molecule has 0 spiro atoms. The first-order valence-electron chi connectivity index (χ1n) is 13.4. The van der Waals surface area contributed by atoms with E-state index in [9.17, 15) is 20.4 Å². The Bertz CT molecular complexity index is 1550. The predicted molar refractivity (Wildman–Crippen MR) is 183 cm³/mol. The van der Waals surface area contributed by atoms with Crippen molar-refractivity contribution in [1.82, 2.24) is 0 Å². The van der Waals surface area contributed by atoms with E-state index in [1.54, 1.807) is 18.2 Å². The standard InChI is InChI=1S/2C18H18O3.2CH4/c2*1-3-5-13-7-9-15(10-8-13)21-17-12-14(6-4-2)11-16(19)18(17)20;;/h3-12,19-20H,1-2H3;3-4,7-12,19-20H,1-2,5-6H2;2*1H4/b5-3+,6-4+;;;. The number of hydrogen-bond acceptors (Lipinski definition) is 6. The number of aromatic hydroxyl groups is 4. The SMILES string of the molecule is C.C.C/C=C/c1ccc(Oc2cc(/C=C/C)cc(O)c2O)cc1.C=CCc1ccc(Oc2cc(CC=C)cc(O)c2O)cc1. The highest BCUT2D eigenvalue weighted by molar-refractivity contribution is 5.62. The van der Waals surface area contributed by atoms with Crippen LogP contribution < -0.4 is 9.47 Å². The van der Waals surface area contributed by atoms with Crippen molar-refractivity contribution in [2.24, 2.45) is 0 Å². The van der Waals surface area contributed by atoms with Gasteiger partial charge < -0.3 is 29.9 Å². The first kappa shape index (κ1) is 36.7. The molecular weight excluding hydrogens is 552 g/mol. The van der Waals surface area contributed by atoms with Gasteiger partial charge in [0.05, 0.1) is 0 Å². The van der Waals surface area contributed by atoms with E-state index in [-0.39, 0.29) is 49.4 Å². The van der Waals surface area contributed by atoms with Gasteiger partial charge in [-0.3, -0.25) is 0 Å². The van der Waals surface area contributed by atoms with E-state index in [4.69, 9.17) is 9.47 Å². The highest BCUT2D eigenvalue weighted by Crippen LogP contribution is 2.40. The molecule has 0 fully saturated rings. The van der Waals surface area contributed by atoms with Crippen molar-refractivity contribution in [2.75, 3.05) is 0 Å². The lowest BCUT2D eigenvalue weighted by atomic mass is 10.1. The number of hydrogen-bond donors (Lipinski definition) is 4. The molecule has 4 N–H and O–H groups in total. The molecule has 44 heavy (non-hydrogen) atoms. The molecule has 0 bridgehead atoms. The van der Waals surface area contributed by atoms with Crippen LogP contribution in [0.2, 0.25) is 0 Å². The molecule has 0 unspecified atom stereocenters. The number of rotatable bonds is 10. The van der Waals surface area contributed by atoms with Gasteiger partial charge in [-0.2, -0.15) is 0 Å². The third-order valence-corrected chi connectivity index (χ3v) is 5.93. The van der Waals surface area contributed by atoms with E-state index in [0.717, 1.165) is 28.7 Å². The summed E-state index contributed by atoms with van der Waals surface area (Å²) < 4.78 is 11.3. The summed E-state index contributed by atoms with van der Waals surface area (Å²) in [4.78, 5) is 0. The summed E-state index contributed by atoms with van der Waals surface area (Å²) in [5.74, 6) is 0.701. The fourth-order valence-corrected chi connectivity index (χ4v) is 3.94. The molecule has 0 saturated heterocycles. The Balaban J connectivity index is 0.000000421. The van der Waals surface area contributed by atoms with Crippen LogP contribution in [0.3, 0.4) is 0 Å². The first-order chi connectivity index (χ1) is 20.3. The summed E-state index contributed by atoms with van der Waals surface area (Å²) in [5.41, 5.74) is 3.77. The number of phenolic OH excluding ortho intramolecular Hbond substituents is 4. The van der Waals surface area contributed by atoms with Gasteiger partial charge in [0.15, 0.2) is 23.0 Å². The first-order valence-corrected chi connectivity index (χ1v) is 13.4. The van der Waals surface area contributed by atoms with E-state index >= 15 is 0 Å². The van der Waals surface area contributed by atoms with E-state index in [1.165, 1.54) is 12.1 Å². The molecule has 0 radical (unpaired) electrons. The zero-order chi connectivity index (χ0) is 30.5. The fraction of sp³-hybridized carbons (Fsp3) is 0.158. The summed E-state index contributed by atoms with van der Waals surface area (Å²) >= 11 is 0. The normalized spacial score (nSPS) is 10.2. The molecule has 0 amide bonds. The van der Waals surface area contributed by atoms with Crippen LogP contribution in [0.5, 0.6) is 46.0 Å². The van der Waals surface area contributed by atoms with Crippen molar-refractivity contribution in [3.05, 3.63) is 133 Å². The Labute approximate surface area is 261 Å². The summed E-state index contributed by atoms with van der Waals surface area (Å²) in [5, 5.41) is 39.2.